The Balaban J connectivity index is 2.42. The van der Waals surface area contributed by atoms with Gasteiger partial charge in [0.25, 0.3) is 0 Å². The maximum Gasteiger partial charge on any atom is 0.324 e. The van der Waals surface area contributed by atoms with E-state index in [0.29, 0.717) is 13.1 Å². The van der Waals surface area contributed by atoms with Crippen LogP contribution in [0.3, 0.4) is 0 Å². The molecule has 2 N–H and O–H groups in total. The smallest absolute Gasteiger partial charge is 0.324 e. The molecule has 1 fully saturated rings. The van der Waals surface area contributed by atoms with Crippen molar-refractivity contribution < 1.29 is 4.79 Å². The number of urea groups is 1. The summed E-state index contributed by atoms with van der Waals surface area (Å²) in [6.07, 6.45) is 0. The number of amides is 2. The first-order valence-electron chi connectivity index (χ1n) is 6.28. The summed E-state index contributed by atoms with van der Waals surface area (Å²) in [5, 5.41) is 0. The molecule has 1 unspecified atom stereocenters. The van der Waals surface area contributed by atoms with Crippen molar-refractivity contribution >= 4 is 11.7 Å². The first-order chi connectivity index (χ1) is 8.45. The molecule has 0 saturated carbocycles. The van der Waals surface area contributed by atoms with Crippen LogP contribution >= 0.6 is 0 Å². The highest BCUT2D eigenvalue weighted by Crippen LogP contribution is 2.30. The number of aryl methyl sites for hydroxylation is 3. The normalized spacial score (nSPS) is 19.8. The zero-order valence-corrected chi connectivity index (χ0v) is 11.5. The molecule has 98 valence electrons. The molecule has 0 radical (unpaired) electrons. The summed E-state index contributed by atoms with van der Waals surface area (Å²) < 4.78 is 0. The van der Waals surface area contributed by atoms with Gasteiger partial charge in [-0.1, -0.05) is 17.7 Å². The van der Waals surface area contributed by atoms with Crippen molar-refractivity contribution in [1.29, 1.82) is 0 Å². The van der Waals surface area contributed by atoms with Gasteiger partial charge in [-0.3, -0.25) is 4.90 Å². The Labute approximate surface area is 108 Å². The van der Waals surface area contributed by atoms with Crippen LogP contribution in [0.2, 0.25) is 0 Å². The summed E-state index contributed by atoms with van der Waals surface area (Å²) in [5.74, 6) is 0. The fourth-order valence-corrected chi connectivity index (χ4v) is 2.78. The summed E-state index contributed by atoms with van der Waals surface area (Å²) in [4.78, 5) is 15.8. The summed E-state index contributed by atoms with van der Waals surface area (Å²) in [7, 11) is 1.82. The first kappa shape index (κ1) is 12.9. The third kappa shape index (κ3) is 1.97. The third-order valence-corrected chi connectivity index (χ3v) is 3.65. The molecule has 4 nitrogen and oxygen atoms in total. The molecule has 1 aromatic rings. The van der Waals surface area contributed by atoms with Crippen LogP contribution in [-0.2, 0) is 0 Å². The molecule has 1 atom stereocenters. The number of carbonyl (C=O) groups excluding carboxylic acids is 1. The van der Waals surface area contributed by atoms with E-state index in [1.54, 1.807) is 4.90 Å². The lowest BCUT2D eigenvalue weighted by atomic mass is 10.0. The molecule has 1 aromatic carbocycles. The molecule has 1 aliphatic heterocycles. The highest BCUT2D eigenvalue weighted by Gasteiger charge is 2.35. The van der Waals surface area contributed by atoms with Crippen LogP contribution in [0.5, 0.6) is 0 Å². The second kappa shape index (κ2) is 4.61. The number of hydrogen-bond acceptors (Lipinski definition) is 2. The maximum atomic E-state index is 12.3. The summed E-state index contributed by atoms with van der Waals surface area (Å²) in [5.41, 5.74) is 10.3. The number of carbonyl (C=O) groups is 1. The Kier molecular flexibility index (Phi) is 3.30. The van der Waals surface area contributed by atoms with Gasteiger partial charge in [0.2, 0.25) is 0 Å². The molecule has 1 saturated heterocycles. The average molecular weight is 247 g/mol. The third-order valence-electron chi connectivity index (χ3n) is 3.65. The van der Waals surface area contributed by atoms with Gasteiger partial charge in [0.1, 0.15) is 0 Å². The molecular formula is C14H21N3O. The largest absolute Gasteiger partial charge is 0.328 e. The van der Waals surface area contributed by atoms with Crippen LogP contribution in [0.25, 0.3) is 0 Å². The number of benzene rings is 1. The van der Waals surface area contributed by atoms with Crippen LogP contribution in [0.1, 0.15) is 16.7 Å². The molecular weight excluding hydrogens is 226 g/mol. The number of likely N-dealkylation sites (N-methyl/N-ethyl adjacent to an activating group) is 1. The quantitative estimate of drug-likeness (QED) is 0.866. The van der Waals surface area contributed by atoms with Gasteiger partial charge in [-0.2, -0.15) is 0 Å². The predicted octanol–water partition coefficient (Wildman–Crippen LogP) is 1.81. The molecule has 2 rings (SSSR count). The molecule has 0 aliphatic carbocycles. The van der Waals surface area contributed by atoms with Gasteiger partial charge in [0, 0.05) is 20.1 Å². The van der Waals surface area contributed by atoms with Gasteiger partial charge >= 0.3 is 6.03 Å². The molecule has 0 bridgehead atoms. The van der Waals surface area contributed by atoms with Gasteiger partial charge in [-0.25, -0.2) is 4.79 Å². The van der Waals surface area contributed by atoms with Crippen molar-refractivity contribution in [3.63, 3.8) is 0 Å². The van der Waals surface area contributed by atoms with Gasteiger partial charge in [0.15, 0.2) is 0 Å². The van der Waals surface area contributed by atoms with Crippen LogP contribution in [0.4, 0.5) is 10.5 Å². The minimum absolute atomic E-state index is 0.0421. The van der Waals surface area contributed by atoms with E-state index in [9.17, 15) is 4.79 Å². The lowest BCUT2D eigenvalue weighted by Crippen LogP contribution is -2.35. The fourth-order valence-electron chi connectivity index (χ4n) is 2.78. The van der Waals surface area contributed by atoms with Crippen molar-refractivity contribution in [2.24, 2.45) is 5.73 Å². The van der Waals surface area contributed by atoms with Crippen LogP contribution in [0, 0.1) is 20.8 Å². The standard InChI is InChI=1S/C14H21N3O/c1-9-5-10(2)13(11(3)6-9)17-8-12(7-15)16(4)14(17)18/h5-6,12H,7-8,15H2,1-4H3. The van der Waals surface area contributed by atoms with E-state index in [-0.39, 0.29) is 12.1 Å². The van der Waals surface area contributed by atoms with Crippen molar-refractivity contribution in [3.05, 3.63) is 28.8 Å². The summed E-state index contributed by atoms with van der Waals surface area (Å²) in [6.45, 7) is 7.36. The molecule has 0 aromatic heterocycles. The zero-order valence-electron chi connectivity index (χ0n) is 11.5. The van der Waals surface area contributed by atoms with Crippen molar-refractivity contribution in [3.8, 4) is 0 Å². The molecule has 4 heteroatoms. The van der Waals surface area contributed by atoms with Crippen LogP contribution < -0.4 is 10.6 Å². The monoisotopic (exact) mass is 247 g/mol. The molecule has 0 spiro atoms. The molecule has 18 heavy (non-hydrogen) atoms. The molecule has 1 aliphatic rings. The highest BCUT2D eigenvalue weighted by atomic mass is 16.2. The Morgan fingerprint density at radius 1 is 1.28 bits per heavy atom. The Hall–Kier alpha value is -1.55. The first-order valence-corrected chi connectivity index (χ1v) is 6.28. The van der Waals surface area contributed by atoms with E-state index in [1.165, 1.54) is 5.56 Å². The lowest BCUT2D eigenvalue weighted by molar-refractivity contribution is 0.219. The lowest BCUT2D eigenvalue weighted by Gasteiger charge is -2.21. The van der Waals surface area contributed by atoms with E-state index >= 15 is 0 Å². The van der Waals surface area contributed by atoms with Gasteiger partial charge in [-0.15, -0.1) is 0 Å². The van der Waals surface area contributed by atoms with Crippen molar-refractivity contribution in [1.82, 2.24) is 4.90 Å². The Morgan fingerprint density at radius 3 is 2.28 bits per heavy atom. The van der Waals surface area contributed by atoms with Crippen molar-refractivity contribution in [2.45, 2.75) is 26.8 Å². The highest BCUT2D eigenvalue weighted by molar-refractivity contribution is 5.96. The molecule has 2 amide bonds. The second-order valence-electron chi connectivity index (χ2n) is 5.14. The average Bonchev–Trinajstić information content (AvgIpc) is 2.56. The van der Waals surface area contributed by atoms with Gasteiger partial charge in [-0.05, 0) is 31.9 Å². The Morgan fingerprint density at radius 2 is 1.83 bits per heavy atom. The summed E-state index contributed by atoms with van der Waals surface area (Å²) >= 11 is 0. The zero-order chi connectivity index (χ0) is 13.4. The van der Waals surface area contributed by atoms with E-state index < -0.39 is 0 Å². The van der Waals surface area contributed by atoms with Crippen molar-refractivity contribution in [2.75, 3.05) is 25.0 Å². The minimum atomic E-state index is 0.0421. The number of nitrogens with zero attached hydrogens (tertiary/aromatic N) is 2. The van der Waals surface area contributed by atoms with E-state index in [0.717, 1.165) is 16.8 Å². The van der Waals surface area contributed by atoms with Crippen LogP contribution in [-0.4, -0.2) is 37.1 Å². The van der Waals surface area contributed by atoms with E-state index in [2.05, 4.69) is 32.9 Å². The fraction of sp³-hybridized carbons (Fsp3) is 0.500. The number of hydrogen-bond donors (Lipinski definition) is 1. The molecule has 1 heterocycles. The number of anilines is 1. The number of nitrogens with two attached hydrogens (primary N) is 1. The predicted molar refractivity (Wildman–Crippen MR) is 74.0 cm³/mol. The second-order valence-corrected chi connectivity index (χ2v) is 5.14. The van der Waals surface area contributed by atoms with Crippen LogP contribution in [0.15, 0.2) is 12.1 Å². The minimum Gasteiger partial charge on any atom is -0.328 e. The van der Waals surface area contributed by atoms with Gasteiger partial charge in [0.05, 0.1) is 11.7 Å². The van der Waals surface area contributed by atoms with E-state index in [1.807, 2.05) is 11.9 Å². The Bertz CT molecular complexity index is 461. The SMILES string of the molecule is Cc1cc(C)c(N2CC(CN)N(C)C2=O)c(C)c1. The van der Waals surface area contributed by atoms with E-state index in [4.69, 9.17) is 5.73 Å². The van der Waals surface area contributed by atoms with Gasteiger partial charge < -0.3 is 10.6 Å². The number of rotatable bonds is 2. The maximum absolute atomic E-state index is 12.3. The topological polar surface area (TPSA) is 49.6 Å². The summed E-state index contributed by atoms with van der Waals surface area (Å²) in [6, 6.07) is 4.38.